The molecule has 1 aliphatic heterocycles. The molecule has 3 heterocycles. The first kappa shape index (κ1) is 16.4. The molecular weight excluding hydrogens is 326 g/mol. The number of aliphatic hydroxyl groups excluding tert-OH is 2. The van der Waals surface area contributed by atoms with Gasteiger partial charge >= 0.3 is 0 Å². The average molecular weight is 340 g/mol. The quantitative estimate of drug-likeness (QED) is 0.547. The number of terminal acetylenes is 1. The van der Waals surface area contributed by atoms with Crippen molar-refractivity contribution in [2.75, 3.05) is 18.9 Å². The summed E-state index contributed by atoms with van der Waals surface area (Å²) in [4.78, 5) is 17.8. The van der Waals surface area contributed by atoms with E-state index < -0.39 is 53.9 Å². The normalized spacial score (nSPS) is 29.9. The number of halogens is 2. The molecule has 24 heavy (non-hydrogen) atoms. The summed E-state index contributed by atoms with van der Waals surface area (Å²) in [5.74, 6) is -0.594. The molecule has 0 bridgehead atoms. The van der Waals surface area contributed by atoms with Crippen LogP contribution in [0.5, 0.6) is 0 Å². The summed E-state index contributed by atoms with van der Waals surface area (Å²) in [7, 11) is 0. The Morgan fingerprint density at radius 2 is 2.25 bits per heavy atom. The van der Waals surface area contributed by atoms with Crippen molar-refractivity contribution >= 4 is 17.0 Å². The van der Waals surface area contributed by atoms with Gasteiger partial charge in [0.25, 0.3) is 5.56 Å². The summed E-state index contributed by atoms with van der Waals surface area (Å²) < 4.78 is 35.7. The third-order valence-electron chi connectivity index (χ3n) is 4.16. The molecule has 8 nitrogen and oxygen atoms in total. The molecule has 3 rings (SSSR count). The number of H-pyrrole nitrogens is 1. The van der Waals surface area contributed by atoms with Gasteiger partial charge in [-0.15, -0.1) is 6.42 Å². The first-order valence-electron chi connectivity index (χ1n) is 6.97. The van der Waals surface area contributed by atoms with Gasteiger partial charge in [0.2, 0.25) is 11.6 Å². The zero-order valence-electron chi connectivity index (χ0n) is 12.2. The van der Waals surface area contributed by atoms with E-state index in [0.717, 1.165) is 10.8 Å². The molecule has 5 N–H and O–H groups in total. The number of aliphatic hydroxyl groups is 2. The molecule has 2 aromatic rings. The molecular formula is C14H14F2N4O4. The Kier molecular flexibility index (Phi) is 3.79. The van der Waals surface area contributed by atoms with Crippen molar-refractivity contribution in [3.63, 3.8) is 0 Å². The largest absolute Gasteiger partial charge is 0.396 e. The molecule has 128 valence electrons. The van der Waals surface area contributed by atoms with E-state index in [4.69, 9.17) is 16.9 Å². The number of ether oxygens (including phenoxy) is 1. The van der Waals surface area contributed by atoms with Crippen molar-refractivity contribution in [1.82, 2.24) is 14.5 Å². The number of alkyl halides is 1. The van der Waals surface area contributed by atoms with Crippen LogP contribution in [-0.4, -0.2) is 49.7 Å². The van der Waals surface area contributed by atoms with Crippen LogP contribution in [0, 0.1) is 24.1 Å². The van der Waals surface area contributed by atoms with Crippen molar-refractivity contribution in [2.24, 2.45) is 5.92 Å². The van der Waals surface area contributed by atoms with Gasteiger partial charge in [-0.1, -0.05) is 5.92 Å². The van der Waals surface area contributed by atoms with Crippen LogP contribution in [0.3, 0.4) is 0 Å². The van der Waals surface area contributed by atoms with E-state index in [0.29, 0.717) is 0 Å². The second kappa shape index (κ2) is 5.55. The Bertz CT molecular complexity index is 889. The molecule has 0 radical (unpaired) electrons. The fraction of sp³-hybridized carbons (Fsp3) is 0.429. The second-order valence-corrected chi connectivity index (χ2v) is 5.45. The Morgan fingerprint density at radius 3 is 2.83 bits per heavy atom. The second-order valence-electron chi connectivity index (χ2n) is 5.45. The molecule has 2 unspecified atom stereocenters. The molecule has 1 saturated heterocycles. The minimum Gasteiger partial charge on any atom is -0.396 e. The predicted octanol–water partition coefficient (Wildman–Crippen LogP) is -0.714. The monoisotopic (exact) mass is 340 g/mol. The highest BCUT2D eigenvalue weighted by Crippen LogP contribution is 2.46. The van der Waals surface area contributed by atoms with E-state index in [1.165, 1.54) is 0 Å². The molecule has 0 spiro atoms. The number of aromatic nitrogens is 3. The van der Waals surface area contributed by atoms with Gasteiger partial charge < -0.3 is 20.7 Å². The molecule has 0 saturated carbocycles. The Balaban J connectivity index is 2.24. The van der Waals surface area contributed by atoms with Gasteiger partial charge in [0.05, 0.1) is 25.2 Å². The van der Waals surface area contributed by atoms with E-state index in [1.807, 2.05) is 5.92 Å². The van der Waals surface area contributed by atoms with Crippen LogP contribution in [0.4, 0.5) is 14.7 Å². The lowest BCUT2D eigenvalue weighted by Gasteiger charge is -2.25. The van der Waals surface area contributed by atoms with Crippen molar-refractivity contribution in [3.05, 3.63) is 22.4 Å². The van der Waals surface area contributed by atoms with Crippen LogP contribution in [0.2, 0.25) is 0 Å². The maximum atomic E-state index is 15.3. The number of nitrogens with zero attached hydrogens (tertiary/aromatic N) is 2. The van der Waals surface area contributed by atoms with E-state index in [2.05, 4.69) is 9.97 Å². The molecule has 0 aromatic carbocycles. The van der Waals surface area contributed by atoms with E-state index >= 15 is 4.39 Å². The highest BCUT2D eigenvalue weighted by molar-refractivity contribution is 5.77. The van der Waals surface area contributed by atoms with Crippen LogP contribution in [0.1, 0.15) is 6.23 Å². The number of anilines is 1. The Labute approximate surface area is 133 Å². The van der Waals surface area contributed by atoms with Gasteiger partial charge in [-0.3, -0.25) is 14.3 Å². The first-order chi connectivity index (χ1) is 11.4. The van der Waals surface area contributed by atoms with Gasteiger partial charge in [-0.25, -0.2) is 8.78 Å². The first-order valence-corrected chi connectivity index (χ1v) is 6.97. The summed E-state index contributed by atoms with van der Waals surface area (Å²) >= 11 is 0. The number of nitrogen functional groups attached to an aromatic ring is 1. The van der Waals surface area contributed by atoms with E-state index in [-0.39, 0.29) is 11.6 Å². The maximum absolute atomic E-state index is 15.3. The summed E-state index contributed by atoms with van der Waals surface area (Å²) in [5, 5.41) is 18.3. The summed E-state index contributed by atoms with van der Waals surface area (Å²) in [6.07, 6.45) is 3.38. The van der Waals surface area contributed by atoms with E-state index in [9.17, 15) is 19.4 Å². The number of nitrogens with one attached hydrogen (secondary N) is 1. The maximum Gasteiger partial charge on any atom is 0.264 e. The zero-order chi connectivity index (χ0) is 17.6. The summed E-state index contributed by atoms with van der Waals surface area (Å²) in [5.41, 5.74) is 1.80. The van der Waals surface area contributed by atoms with Crippen LogP contribution < -0.4 is 11.3 Å². The molecule has 2 aromatic heterocycles. The molecule has 0 aliphatic carbocycles. The van der Waals surface area contributed by atoms with Gasteiger partial charge in [-0.05, 0) is 0 Å². The lowest BCUT2D eigenvalue weighted by Crippen LogP contribution is -2.39. The number of hydrogen-bond acceptors (Lipinski definition) is 6. The predicted molar refractivity (Wildman–Crippen MR) is 79.0 cm³/mol. The zero-order valence-corrected chi connectivity index (χ0v) is 12.2. The van der Waals surface area contributed by atoms with Crippen molar-refractivity contribution in [2.45, 2.75) is 18.0 Å². The summed E-state index contributed by atoms with van der Waals surface area (Å²) in [6, 6.07) is 0. The fourth-order valence-corrected chi connectivity index (χ4v) is 2.99. The number of nitrogens with two attached hydrogens (primary N) is 1. The average Bonchev–Trinajstić information content (AvgIpc) is 3.01. The van der Waals surface area contributed by atoms with Crippen molar-refractivity contribution in [3.8, 4) is 12.3 Å². The topological polar surface area (TPSA) is 126 Å². The minimum atomic E-state index is -2.56. The lowest BCUT2D eigenvalue weighted by molar-refractivity contribution is -0.0485. The highest BCUT2D eigenvalue weighted by atomic mass is 19.1. The van der Waals surface area contributed by atoms with Crippen LogP contribution in [-0.2, 0) is 4.74 Å². The highest BCUT2D eigenvalue weighted by Gasteiger charge is 2.57. The molecule has 1 aliphatic rings. The Morgan fingerprint density at radius 1 is 1.54 bits per heavy atom. The number of fused-ring (bicyclic) bond motifs is 1. The molecule has 1 fully saturated rings. The van der Waals surface area contributed by atoms with Crippen LogP contribution >= 0.6 is 0 Å². The fourth-order valence-electron chi connectivity index (χ4n) is 2.99. The molecule has 4 atom stereocenters. The Hall–Kier alpha value is -2.48. The van der Waals surface area contributed by atoms with E-state index in [1.54, 1.807) is 0 Å². The van der Waals surface area contributed by atoms with Gasteiger partial charge in [-0.2, -0.15) is 4.98 Å². The van der Waals surface area contributed by atoms with Gasteiger partial charge in [0, 0.05) is 6.20 Å². The molecule has 0 amide bonds. The van der Waals surface area contributed by atoms with Gasteiger partial charge in [0.1, 0.15) is 5.39 Å². The lowest BCUT2D eigenvalue weighted by atomic mass is 9.87. The third-order valence-corrected chi connectivity index (χ3v) is 4.16. The van der Waals surface area contributed by atoms with Crippen molar-refractivity contribution in [1.29, 1.82) is 0 Å². The molecule has 10 heteroatoms. The summed E-state index contributed by atoms with van der Waals surface area (Å²) in [6.45, 7) is -1.30. The minimum absolute atomic E-state index is 0.258. The number of aromatic amines is 1. The number of hydrogen-bond donors (Lipinski definition) is 4. The van der Waals surface area contributed by atoms with Gasteiger partial charge in [0.15, 0.2) is 17.7 Å². The number of rotatable bonds is 3. The SMILES string of the molecule is C#CC1(F)C(CO)[C@@H](CO)O[C@H]1n1cc(F)c2c(=O)[nH]c(N)nc21. The van der Waals surface area contributed by atoms with Crippen LogP contribution in [0.25, 0.3) is 11.0 Å². The third kappa shape index (κ3) is 2.10. The standard InChI is InChI=1S/C14H14F2N4O4/c1-2-14(16)6(4-21)8(5-22)24-12(14)20-3-7(15)9-10(20)18-13(17)19-11(9)23/h1,3,6,8,12,21-22H,4-5H2,(H3,17,18,19,23)/t6?,8-,12-,14?/m1/s1. The van der Waals surface area contributed by atoms with Crippen LogP contribution in [0.15, 0.2) is 11.0 Å². The smallest absolute Gasteiger partial charge is 0.264 e. The van der Waals surface area contributed by atoms with Crippen molar-refractivity contribution < 1.29 is 23.7 Å².